The molecule has 12 heteroatoms. The minimum Gasteiger partial charge on any atom is -0.456 e. The average molecular weight is 629 g/mol. The van der Waals surface area contributed by atoms with Crippen LogP contribution in [0.15, 0.2) is 0 Å². The molecule has 0 rings (SSSR count). The summed E-state index contributed by atoms with van der Waals surface area (Å²) in [5, 5.41) is 10.1. The fourth-order valence-corrected chi connectivity index (χ4v) is 20.8. The summed E-state index contributed by atoms with van der Waals surface area (Å²) >= 11 is 0. The summed E-state index contributed by atoms with van der Waals surface area (Å²) in [6.07, 6.45) is 3.18. The molecular formula is C27H64O8Si4. The third kappa shape index (κ3) is 18.6. The zero-order valence-electron chi connectivity index (χ0n) is 27.8. The first-order valence-corrected chi connectivity index (χ1v) is 27.8. The topological polar surface area (TPSA) is 84.8 Å². The Hall–Kier alpha value is 0.548. The number of hydrogen-bond acceptors (Lipinski definition) is 8. The Balaban J connectivity index is 4.78. The molecule has 0 aromatic rings. The third-order valence-corrected chi connectivity index (χ3v) is 19.0. The molecule has 0 aliphatic carbocycles. The Morgan fingerprint density at radius 3 is 1.31 bits per heavy atom. The highest BCUT2D eigenvalue weighted by Crippen LogP contribution is 2.24. The van der Waals surface area contributed by atoms with Crippen LogP contribution in [0.2, 0.25) is 77.6 Å². The zero-order chi connectivity index (χ0) is 30.4. The molecule has 2 atom stereocenters. The SMILES string of the molecule is CCC(CO)(COOCC(CC)(COC)OCCC[Si](C)(C)O[Si](C)(C)C)OCCC[Si](C)(C)O[Si](C)(C)C. The third-order valence-electron chi connectivity index (χ3n) is 6.54. The van der Waals surface area contributed by atoms with E-state index in [9.17, 15) is 5.11 Å². The number of ether oxygens (including phenoxy) is 3. The molecule has 0 aliphatic heterocycles. The molecule has 0 fully saturated rings. The summed E-state index contributed by atoms with van der Waals surface area (Å²) < 4.78 is 30.9. The lowest BCUT2D eigenvalue weighted by Gasteiger charge is -2.34. The van der Waals surface area contributed by atoms with Crippen LogP contribution in [0.25, 0.3) is 0 Å². The van der Waals surface area contributed by atoms with Crippen molar-refractivity contribution in [3.63, 3.8) is 0 Å². The summed E-state index contributed by atoms with van der Waals surface area (Å²) in [7, 11) is -4.86. The van der Waals surface area contributed by atoms with Gasteiger partial charge in [-0.3, -0.25) is 0 Å². The van der Waals surface area contributed by atoms with Gasteiger partial charge in [-0.05, 0) is 103 Å². The van der Waals surface area contributed by atoms with Crippen molar-refractivity contribution in [1.29, 1.82) is 0 Å². The van der Waals surface area contributed by atoms with Crippen molar-refractivity contribution < 1.29 is 37.3 Å². The molecule has 39 heavy (non-hydrogen) atoms. The first-order valence-electron chi connectivity index (χ1n) is 14.8. The van der Waals surface area contributed by atoms with Gasteiger partial charge in [0.05, 0.1) is 13.2 Å². The molecule has 2 unspecified atom stereocenters. The van der Waals surface area contributed by atoms with Crippen molar-refractivity contribution in [1.82, 2.24) is 0 Å². The molecule has 0 radical (unpaired) electrons. The Morgan fingerprint density at radius 1 is 0.590 bits per heavy atom. The molecule has 8 nitrogen and oxygen atoms in total. The highest BCUT2D eigenvalue weighted by molar-refractivity contribution is 6.84. The summed E-state index contributed by atoms with van der Waals surface area (Å²) in [4.78, 5) is 11.3. The maximum absolute atomic E-state index is 10.1. The molecule has 0 aromatic carbocycles. The van der Waals surface area contributed by atoms with Crippen LogP contribution in [-0.2, 0) is 32.2 Å². The van der Waals surface area contributed by atoms with E-state index in [1.165, 1.54) is 0 Å². The summed E-state index contributed by atoms with van der Waals surface area (Å²) in [6, 6.07) is 2.08. The van der Waals surface area contributed by atoms with Gasteiger partial charge in [0.15, 0.2) is 33.3 Å². The van der Waals surface area contributed by atoms with E-state index >= 15 is 0 Å². The second-order valence-electron chi connectivity index (χ2n) is 14.0. The Labute approximate surface area is 245 Å². The minimum absolute atomic E-state index is 0.133. The number of rotatable bonds is 24. The van der Waals surface area contributed by atoms with E-state index in [0.717, 1.165) is 31.4 Å². The van der Waals surface area contributed by atoms with Crippen LogP contribution in [0.1, 0.15) is 39.5 Å². The highest BCUT2D eigenvalue weighted by atomic mass is 28.4. The van der Waals surface area contributed by atoms with E-state index in [4.69, 9.17) is 32.2 Å². The molecule has 1 N–H and O–H groups in total. The zero-order valence-corrected chi connectivity index (χ0v) is 31.8. The van der Waals surface area contributed by atoms with Gasteiger partial charge in [-0.2, -0.15) is 0 Å². The first-order chi connectivity index (χ1) is 17.8. The quantitative estimate of drug-likeness (QED) is 0.0541. The van der Waals surface area contributed by atoms with Gasteiger partial charge in [0, 0.05) is 20.3 Å². The number of methoxy groups -OCH3 is 1. The molecule has 0 bridgehead atoms. The van der Waals surface area contributed by atoms with Gasteiger partial charge in [0.1, 0.15) is 24.4 Å². The van der Waals surface area contributed by atoms with E-state index in [1.54, 1.807) is 7.11 Å². The van der Waals surface area contributed by atoms with Crippen molar-refractivity contribution in [3.8, 4) is 0 Å². The maximum Gasteiger partial charge on any atom is 0.173 e. The van der Waals surface area contributed by atoms with Crippen LogP contribution >= 0.6 is 0 Å². The van der Waals surface area contributed by atoms with Crippen LogP contribution < -0.4 is 0 Å². The highest BCUT2D eigenvalue weighted by Gasteiger charge is 2.35. The fraction of sp³-hybridized carbons (Fsp3) is 1.00. The predicted octanol–water partition coefficient (Wildman–Crippen LogP) is 6.80. The standard InChI is InChI=1S/C27H64O8Si4/c1-14-26(22-28,30-18-16-20-38(10,11)34-36(4,5)6)24-32-33-25-27(15-2,23-29-3)31-19-17-21-39(12,13)35-37(7,8)9/h28H,14-25H2,1-13H3. The fourth-order valence-electron chi connectivity index (χ4n) is 4.77. The average Bonchev–Trinajstić information content (AvgIpc) is 2.78. The second-order valence-corrected chi connectivity index (χ2v) is 32.2. The smallest absolute Gasteiger partial charge is 0.173 e. The normalized spacial score (nSPS) is 16.8. The van der Waals surface area contributed by atoms with Crippen LogP contribution in [0.5, 0.6) is 0 Å². The van der Waals surface area contributed by atoms with E-state index in [1.807, 2.05) is 6.92 Å². The predicted molar refractivity (Wildman–Crippen MR) is 171 cm³/mol. The van der Waals surface area contributed by atoms with E-state index in [-0.39, 0.29) is 19.8 Å². The molecule has 0 amide bonds. The van der Waals surface area contributed by atoms with Gasteiger partial charge < -0.3 is 27.5 Å². The van der Waals surface area contributed by atoms with Crippen LogP contribution in [0.4, 0.5) is 0 Å². The molecule has 0 spiro atoms. The molecule has 0 heterocycles. The maximum atomic E-state index is 10.1. The molecule has 0 saturated heterocycles. The minimum atomic E-state index is -1.72. The van der Waals surface area contributed by atoms with Gasteiger partial charge in [-0.25, -0.2) is 9.78 Å². The van der Waals surface area contributed by atoms with Crippen molar-refractivity contribution in [2.24, 2.45) is 0 Å². The van der Waals surface area contributed by atoms with Gasteiger partial charge in [-0.15, -0.1) is 0 Å². The van der Waals surface area contributed by atoms with E-state index in [2.05, 4.69) is 72.4 Å². The van der Waals surface area contributed by atoms with Crippen LogP contribution in [0, 0.1) is 0 Å². The Bertz CT molecular complexity index is 649. The van der Waals surface area contributed by atoms with E-state index < -0.39 is 44.5 Å². The van der Waals surface area contributed by atoms with Crippen molar-refractivity contribution >= 4 is 33.3 Å². The lowest BCUT2D eigenvalue weighted by molar-refractivity contribution is -0.345. The van der Waals surface area contributed by atoms with Crippen LogP contribution in [0.3, 0.4) is 0 Å². The molecule has 0 saturated carbocycles. The monoisotopic (exact) mass is 628 g/mol. The van der Waals surface area contributed by atoms with Gasteiger partial charge in [-0.1, -0.05) is 13.8 Å². The lowest BCUT2D eigenvalue weighted by atomic mass is 10.0. The van der Waals surface area contributed by atoms with Gasteiger partial charge >= 0.3 is 0 Å². The molecule has 0 aliphatic rings. The molecule has 236 valence electrons. The largest absolute Gasteiger partial charge is 0.456 e. The summed E-state index contributed by atoms with van der Waals surface area (Å²) in [5.41, 5.74) is -1.39. The number of hydrogen-bond donors (Lipinski definition) is 1. The van der Waals surface area contributed by atoms with E-state index in [0.29, 0.717) is 26.2 Å². The number of aliphatic hydroxyl groups excluding tert-OH is 1. The van der Waals surface area contributed by atoms with Gasteiger partial charge in [0.2, 0.25) is 0 Å². The molecule has 0 aromatic heterocycles. The lowest BCUT2D eigenvalue weighted by Crippen LogP contribution is -2.45. The second kappa shape index (κ2) is 17.6. The van der Waals surface area contributed by atoms with Crippen molar-refractivity contribution in [2.75, 3.05) is 46.8 Å². The first kappa shape index (κ1) is 39.5. The van der Waals surface area contributed by atoms with Crippen molar-refractivity contribution in [2.45, 2.75) is 128 Å². The molecular weight excluding hydrogens is 565 g/mol. The van der Waals surface area contributed by atoms with Crippen LogP contribution in [-0.4, -0.2) is 96.3 Å². The Kier molecular flexibility index (Phi) is 17.9. The summed E-state index contributed by atoms with van der Waals surface area (Å²) in [6.45, 7) is 28.5. The van der Waals surface area contributed by atoms with Crippen molar-refractivity contribution in [3.05, 3.63) is 0 Å². The summed E-state index contributed by atoms with van der Waals surface area (Å²) in [5.74, 6) is 0. The Morgan fingerprint density at radius 2 is 0.974 bits per heavy atom. The number of aliphatic hydroxyl groups is 1. The van der Waals surface area contributed by atoms with Gasteiger partial charge in [0.25, 0.3) is 0 Å².